The van der Waals surface area contributed by atoms with E-state index in [1.807, 2.05) is 0 Å². The molecule has 6 heteroatoms. The van der Waals surface area contributed by atoms with E-state index < -0.39 is 21.6 Å². The summed E-state index contributed by atoms with van der Waals surface area (Å²) >= 11 is 0. The normalized spacial score (nSPS) is 19.9. The van der Waals surface area contributed by atoms with Gasteiger partial charge in [0.15, 0.2) is 0 Å². The molecule has 0 aromatic rings. The minimum Gasteiger partial charge on any atom is -0.466 e. The van der Waals surface area contributed by atoms with Crippen LogP contribution in [0.2, 0.25) is 0 Å². The summed E-state index contributed by atoms with van der Waals surface area (Å²) in [4.78, 5) is 11.9. The minimum absolute atomic E-state index is 0.150. The smallest absolute Gasteiger partial charge is 0.312 e. The van der Waals surface area contributed by atoms with E-state index in [2.05, 4.69) is 0 Å². The maximum Gasteiger partial charge on any atom is 0.312 e. The fourth-order valence-electron chi connectivity index (χ4n) is 2.27. The van der Waals surface area contributed by atoms with Gasteiger partial charge >= 0.3 is 5.97 Å². The van der Waals surface area contributed by atoms with Gasteiger partial charge in [-0.25, -0.2) is 0 Å². The molecule has 0 radical (unpaired) electrons. The summed E-state index contributed by atoms with van der Waals surface area (Å²) in [7, 11) is -3.43. The second-order valence-electron chi connectivity index (χ2n) is 5.00. The molecular weight excluding hydrogens is 256 g/mol. The van der Waals surface area contributed by atoms with E-state index in [4.69, 9.17) is 8.92 Å². The number of esters is 1. The van der Waals surface area contributed by atoms with Crippen LogP contribution < -0.4 is 0 Å². The van der Waals surface area contributed by atoms with E-state index in [1.165, 1.54) is 0 Å². The first-order valence-corrected chi connectivity index (χ1v) is 8.16. The molecule has 1 atom stereocenters. The molecule has 0 amide bonds. The number of carbonyl (C=O) groups excluding carboxylic acids is 1. The van der Waals surface area contributed by atoms with E-state index >= 15 is 0 Å². The second kappa shape index (κ2) is 6.02. The van der Waals surface area contributed by atoms with Gasteiger partial charge in [-0.3, -0.25) is 8.98 Å². The first kappa shape index (κ1) is 15.4. The largest absolute Gasteiger partial charge is 0.466 e. The summed E-state index contributed by atoms with van der Waals surface area (Å²) in [6, 6.07) is 0. The molecule has 1 aliphatic rings. The lowest BCUT2D eigenvalue weighted by molar-refractivity contribution is -0.162. The predicted octanol–water partition coefficient (Wildman–Crippen LogP) is 1.86. The lowest BCUT2D eigenvalue weighted by atomic mass is 9.66. The monoisotopic (exact) mass is 278 g/mol. The summed E-state index contributed by atoms with van der Waals surface area (Å²) in [5.74, 6) is -0.150. The Kier molecular flexibility index (Phi) is 5.16. The molecule has 0 heterocycles. The van der Waals surface area contributed by atoms with Crippen molar-refractivity contribution in [2.45, 2.75) is 52.1 Å². The first-order chi connectivity index (χ1) is 8.29. The van der Waals surface area contributed by atoms with Crippen LogP contribution in [0, 0.1) is 5.41 Å². The van der Waals surface area contributed by atoms with Crippen LogP contribution in [0.3, 0.4) is 0 Å². The molecule has 0 aliphatic heterocycles. The molecule has 0 bridgehead atoms. The topological polar surface area (TPSA) is 69.7 Å². The Balaban J connectivity index is 2.47. The highest BCUT2D eigenvalue weighted by atomic mass is 32.2. The summed E-state index contributed by atoms with van der Waals surface area (Å²) in [5, 5.41) is 0. The molecule has 1 rings (SSSR count). The van der Waals surface area contributed by atoms with Gasteiger partial charge in [0.25, 0.3) is 10.1 Å². The van der Waals surface area contributed by atoms with Crippen LogP contribution in [-0.4, -0.2) is 33.4 Å². The molecule has 18 heavy (non-hydrogen) atoms. The Morgan fingerprint density at radius 1 is 1.39 bits per heavy atom. The zero-order valence-electron chi connectivity index (χ0n) is 11.3. The fourth-order valence-corrected chi connectivity index (χ4v) is 2.96. The molecule has 0 aromatic heterocycles. The standard InChI is InChI=1S/C12H22O5S/c1-4-16-11(13)12(7-5-8-12)9-6-10(2)17-18(3,14)15/h10H,4-9H2,1-3H3. The van der Waals surface area contributed by atoms with E-state index in [-0.39, 0.29) is 5.97 Å². The van der Waals surface area contributed by atoms with Crippen LogP contribution in [0.25, 0.3) is 0 Å². The first-order valence-electron chi connectivity index (χ1n) is 6.34. The summed E-state index contributed by atoms with van der Waals surface area (Å²) in [6.07, 6.45) is 4.50. The summed E-state index contributed by atoms with van der Waals surface area (Å²) < 4.78 is 31.9. The number of carbonyl (C=O) groups is 1. The number of ether oxygens (including phenoxy) is 1. The number of hydrogen-bond acceptors (Lipinski definition) is 5. The van der Waals surface area contributed by atoms with Gasteiger partial charge in [-0.1, -0.05) is 6.42 Å². The van der Waals surface area contributed by atoms with E-state index in [0.29, 0.717) is 19.4 Å². The van der Waals surface area contributed by atoms with Gasteiger partial charge < -0.3 is 4.74 Å². The van der Waals surface area contributed by atoms with Crippen molar-refractivity contribution in [3.8, 4) is 0 Å². The van der Waals surface area contributed by atoms with Crippen molar-refractivity contribution < 1.29 is 22.1 Å². The van der Waals surface area contributed by atoms with Crippen molar-refractivity contribution in [1.29, 1.82) is 0 Å². The maximum absolute atomic E-state index is 11.9. The van der Waals surface area contributed by atoms with Crippen LogP contribution in [0.4, 0.5) is 0 Å². The Hall–Kier alpha value is -0.620. The summed E-state index contributed by atoms with van der Waals surface area (Å²) in [6.45, 7) is 3.88. The molecule has 1 unspecified atom stereocenters. The number of rotatable bonds is 7. The third kappa shape index (κ3) is 4.24. The highest BCUT2D eigenvalue weighted by Gasteiger charge is 2.45. The zero-order valence-corrected chi connectivity index (χ0v) is 12.1. The Bertz CT molecular complexity index is 383. The fraction of sp³-hybridized carbons (Fsp3) is 0.917. The molecule has 0 aromatic carbocycles. The SMILES string of the molecule is CCOC(=O)C1(CCC(C)OS(C)(=O)=O)CCC1. The van der Waals surface area contributed by atoms with Crippen LogP contribution in [0.5, 0.6) is 0 Å². The van der Waals surface area contributed by atoms with E-state index in [9.17, 15) is 13.2 Å². The van der Waals surface area contributed by atoms with Crippen LogP contribution in [-0.2, 0) is 23.8 Å². The summed E-state index contributed by atoms with van der Waals surface area (Å²) in [5.41, 5.74) is -0.398. The molecule has 1 fully saturated rings. The van der Waals surface area contributed by atoms with Crippen LogP contribution in [0.1, 0.15) is 46.0 Å². The molecule has 5 nitrogen and oxygen atoms in total. The van der Waals surface area contributed by atoms with Gasteiger partial charge in [0.05, 0.1) is 24.4 Å². The van der Waals surface area contributed by atoms with E-state index in [0.717, 1.165) is 25.5 Å². The molecular formula is C12H22O5S. The Labute approximate surface area is 109 Å². The highest BCUT2D eigenvalue weighted by molar-refractivity contribution is 7.86. The highest BCUT2D eigenvalue weighted by Crippen LogP contribution is 2.46. The van der Waals surface area contributed by atoms with Gasteiger partial charge in [0.1, 0.15) is 0 Å². The molecule has 1 aliphatic carbocycles. The second-order valence-corrected chi connectivity index (χ2v) is 6.60. The van der Waals surface area contributed by atoms with Crippen molar-refractivity contribution in [3.63, 3.8) is 0 Å². The van der Waals surface area contributed by atoms with Crippen molar-refractivity contribution >= 4 is 16.1 Å². The Morgan fingerprint density at radius 3 is 2.39 bits per heavy atom. The van der Waals surface area contributed by atoms with E-state index in [1.54, 1.807) is 13.8 Å². The van der Waals surface area contributed by atoms with Crippen molar-refractivity contribution in [1.82, 2.24) is 0 Å². The van der Waals surface area contributed by atoms with Gasteiger partial charge in [0, 0.05) is 0 Å². The average molecular weight is 278 g/mol. The minimum atomic E-state index is -3.43. The average Bonchev–Trinajstić information content (AvgIpc) is 2.13. The third-order valence-corrected chi connectivity index (χ3v) is 4.07. The van der Waals surface area contributed by atoms with Crippen molar-refractivity contribution in [2.75, 3.05) is 12.9 Å². The zero-order chi connectivity index (χ0) is 13.8. The molecule has 0 spiro atoms. The van der Waals surface area contributed by atoms with Crippen LogP contribution >= 0.6 is 0 Å². The molecule has 0 saturated heterocycles. The molecule has 0 N–H and O–H groups in total. The molecule has 1 saturated carbocycles. The maximum atomic E-state index is 11.9. The van der Waals surface area contributed by atoms with Gasteiger partial charge in [-0.05, 0) is 39.5 Å². The number of hydrogen-bond donors (Lipinski definition) is 0. The molecule has 106 valence electrons. The lowest BCUT2D eigenvalue weighted by Gasteiger charge is -2.39. The van der Waals surface area contributed by atoms with Gasteiger partial charge in [-0.2, -0.15) is 8.42 Å². The van der Waals surface area contributed by atoms with Gasteiger partial charge in [-0.15, -0.1) is 0 Å². The lowest BCUT2D eigenvalue weighted by Crippen LogP contribution is -2.40. The quantitative estimate of drug-likeness (QED) is 0.525. The van der Waals surface area contributed by atoms with Crippen molar-refractivity contribution in [2.24, 2.45) is 5.41 Å². The van der Waals surface area contributed by atoms with Crippen LogP contribution in [0.15, 0.2) is 0 Å². The van der Waals surface area contributed by atoms with Gasteiger partial charge in [0.2, 0.25) is 0 Å². The third-order valence-electron chi connectivity index (χ3n) is 3.39. The van der Waals surface area contributed by atoms with Crippen molar-refractivity contribution in [3.05, 3.63) is 0 Å². The Morgan fingerprint density at radius 2 is 2.00 bits per heavy atom. The predicted molar refractivity (Wildman–Crippen MR) is 67.5 cm³/mol.